The van der Waals surface area contributed by atoms with E-state index < -0.39 is 5.66 Å². The number of thiol groups is 1. The fourth-order valence-electron chi connectivity index (χ4n) is 1.70. The van der Waals surface area contributed by atoms with Crippen molar-refractivity contribution in [3.8, 4) is 5.75 Å². The van der Waals surface area contributed by atoms with Gasteiger partial charge in [-0.25, -0.2) is 0 Å². The first-order valence-electron chi connectivity index (χ1n) is 7.24. The molecule has 0 aromatic heterocycles. The highest BCUT2D eigenvalue weighted by Gasteiger charge is 2.30. The summed E-state index contributed by atoms with van der Waals surface area (Å²) in [4.78, 5) is 13.3. The van der Waals surface area contributed by atoms with Crippen molar-refractivity contribution >= 4 is 17.9 Å². The number of para-hydroxylation sites is 1. The number of amides is 1. The lowest BCUT2D eigenvalue weighted by atomic mass is 10.1. The van der Waals surface area contributed by atoms with E-state index >= 15 is 0 Å². The van der Waals surface area contributed by atoms with Crippen LogP contribution in [0, 0.1) is 0 Å². The van der Waals surface area contributed by atoms with Gasteiger partial charge in [0.15, 0.2) is 0 Å². The van der Waals surface area contributed by atoms with E-state index in [0.29, 0.717) is 13.2 Å². The van der Waals surface area contributed by atoms with Gasteiger partial charge in [0.25, 0.3) is 5.24 Å². The molecule has 5 nitrogen and oxygen atoms in total. The number of hydrogen-bond donors (Lipinski definition) is 1. The molecule has 0 fully saturated rings. The minimum Gasteiger partial charge on any atom is -0.492 e. The maximum atomic E-state index is 11.8. The standard InChI is InChI=1S/C16H25N3O2S/c1-15(2,3)17-18-16(4,5)19(14(20)22)11-12-21-13-9-7-6-8-10-13/h6-10H,11-12H2,1-5H3,(H,20,22). The lowest BCUT2D eigenvalue weighted by molar-refractivity contribution is 0.134. The van der Waals surface area contributed by atoms with Crippen molar-refractivity contribution in [3.63, 3.8) is 0 Å². The van der Waals surface area contributed by atoms with E-state index in [1.807, 2.05) is 65.0 Å². The third kappa shape index (κ3) is 6.47. The van der Waals surface area contributed by atoms with E-state index in [9.17, 15) is 4.79 Å². The smallest absolute Gasteiger partial charge is 0.280 e. The summed E-state index contributed by atoms with van der Waals surface area (Å²) in [6.07, 6.45) is 0. The third-order valence-corrected chi connectivity index (χ3v) is 3.05. The molecule has 122 valence electrons. The highest BCUT2D eigenvalue weighted by molar-refractivity contribution is 7.96. The zero-order valence-corrected chi connectivity index (χ0v) is 14.8. The summed E-state index contributed by atoms with van der Waals surface area (Å²) in [6.45, 7) is 10.3. The zero-order chi connectivity index (χ0) is 16.8. The summed E-state index contributed by atoms with van der Waals surface area (Å²) >= 11 is 3.94. The summed E-state index contributed by atoms with van der Waals surface area (Å²) in [6, 6.07) is 9.47. The van der Waals surface area contributed by atoms with Gasteiger partial charge in [0, 0.05) is 0 Å². The van der Waals surface area contributed by atoms with Gasteiger partial charge in [0.05, 0.1) is 12.1 Å². The number of azo groups is 1. The first-order valence-corrected chi connectivity index (χ1v) is 7.69. The minimum absolute atomic E-state index is 0.289. The summed E-state index contributed by atoms with van der Waals surface area (Å²) in [7, 11) is 0. The van der Waals surface area contributed by atoms with Gasteiger partial charge in [0.1, 0.15) is 18.0 Å². The average molecular weight is 323 g/mol. The molecule has 1 aromatic rings. The van der Waals surface area contributed by atoms with Crippen LogP contribution in [0.5, 0.6) is 5.75 Å². The maximum absolute atomic E-state index is 11.8. The fourth-order valence-corrected chi connectivity index (χ4v) is 2.05. The lowest BCUT2D eigenvalue weighted by Gasteiger charge is -2.33. The van der Waals surface area contributed by atoms with Crippen LogP contribution in [-0.4, -0.2) is 34.5 Å². The number of rotatable bonds is 6. The molecule has 0 unspecified atom stereocenters. The molecule has 1 rings (SSSR count). The number of carbonyl (C=O) groups is 1. The van der Waals surface area contributed by atoms with Crippen LogP contribution in [0.1, 0.15) is 34.6 Å². The van der Waals surface area contributed by atoms with Gasteiger partial charge >= 0.3 is 0 Å². The minimum atomic E-state index is -0.772. The Hall–Kier alpha value is -1.56. The van der Waals surface area contributed by atoms with Crippen molar-refractivity contribution < 1.29 is 9.53 Å². The van der Waals surface area contributed by atoms with E-state index in [2.05, 4.69) is 22.9 Å². The van der Waals surface area contributed by atoms with Gasteiger partial charge < -0.3 is 9.64 Å². The molecule has 0 saturated heterocycles. The molecule has 1 amide bonds. The molecule has 0 aliphatic heterocycles. The first kappa shape index (κ1) is 18.5. The number of benzene rings is 1. The van der Waals surface area contributed by atoms with Crippen molar-refractivity contribution in [3.05, 3.63) is 30.3 Å². The molecule has 1 aromatic carbocycles. The van der Waals surface area contributed by atoms with Crippen molar-refractivity contribution in [1.29, 1.82) is 0 Å². The summed E-state index contributed by atoms with van der Waals surface area (Å²) in [5.74, 6) is 0.767. The van der Waals surface area contributed by atoms with E-state index in [1.165, 1.54) is 4.90 Å². The van der Waals surface area contributed by atoms with Crippen molar-refractivity contribution in [2.24, 2.45) is 10.2 Å². The predicted molar refractivity (Wildman–Crippen MR) is 91.7 cm³/mol. The van der Waals surface area contributed by atoms with E-state index in [4.69, 9.17) is 4.74 Å². The fraction of sp³-hybridized carbons (Fsp3) is 0.562. The molecule has 0 atom stereocenters. The van der Waals surface area contributed by atoms with Crippen LogP contribution in [0.15, 0.2) is 40.6 Å². The number of ether oxygens (including phenoxy) is 1. The zero-order valence-electron chi connectivity index (χ0n) is 13.9. The molecule has 0 aliphatic rings. The molecule has 0 saturated carbocycles. The monoisotopic (exact) mass is 323 g/mol. The van der Waals surface area contributed by atoms with Gasteiger partial charge in [-0.05, 0) is 46.8 Å². The Balaban J connectivity index is 2.68. The van der Waals surface area contributed by atoms with Gasteiger partial charge in [-0.2, -0.15) is 10.2 Å². The SMILES string of the molecule is CC(C)(C)N=NC(C)(C)N(CCOc1ccccc1)C(=O)S. The highest BCUT2D eigenvalue weighted by Crippen LogP contribution is 2.21. The van der Waals surface area contributed by atoms with Crippen LogP contribution >= 0.6 is 12.6 Å². The largest absolute Gasteiger partial charge is 0.492 e. The van der Waals surface area contributed by atoms with Gasteiger partial charge in [-0.3, -0.25) is 4.79 Å². The Morgan fingerprint density at radius 2 is 1.73 bits per heavy atom. The van der Waals surface area contributed by atoms with E-state index in [-0.39, 0.29) is 10.8 Å². The van der Waals surface area contributed by atoms with Crippen LogP contribution in [0.4, 0.5) is 4.79 Å². The molecule has 0 heterocycles. The Morgan fingerprint density at radius 1 is 1.14 bits per heavy atom. The van der Waals surface area contributed by atoms with Crippen molar-refractivity contribution in [1.82, 2.24) is 4.90 Å². The van der Waals surface area contributed by atoms with Crippen LogP contribution in [0.3, 0.4) is 0 Å². The summed E-state index contributed by atoms with van der Waals surface area (Å²) in [5.41, 5.74) is -1.06. The van der Waals surface area contributed by atoms with Crippen molar-refractivity contribution in [2.75, 3.05) is 13.2 Å². The van der Waals surface area contributed by atoms with Crippen LogP contribution in [0.2, 0.25) is 0 Å². The summed E-state index contributed by atoms with van der Waals surface area (Å²) in [5, 5.41) is 8.20. The topological polar surface area (TPSA) is 54.3 Å². The molecule has 0 bridgehead atoms. The number of carbonyl (C=O) groups excluding carboxylic acids is 1. The molecule has 0 spiro atoms. The number of nitrogens with zero attached hydrogens (tertiary/aromatic N) is 3. The quantitative estimate of drug-likeness (QED) is 0.623. The highest BCUT2D eigenvalue weighted by atomic mass is 32.1. The molecular formula is C16H25N3O2S. The molecule has 0 radical (unpaired) electrons. The maximum Gasteiger partial charge on any atom is 0.280 e. The Bertz CT molecular complexity index is 510. The van der Waals surface area contributed by atoms with Gasteiger partial charge in [-0.1, -0.05) is 30.8 Å². The number of hydrogen-bond acceptors (Lipinski definition) is 4. The Labute approximate surface area is 138 Å². The molecule has 0 N–H and O–H groups in total. The first-order chi connectivity index (χ1) is 10.1. The predicted octanol–water partition coefficient (Wildman–Crippen LogP) is 4.40. The van der Waals surface area contributed by atoms with Gasteiger partial charge in [-0.15, -0.1) is 0 Å². The van der Waals surface area contributed by atoms with Crippen molar-refractivity contribution in [2.45, 2.75) is 45.8 Å². The third-order valence-electron chi connectivity index (χ3n) is 2.81. The van der Waals surface area contributed by atoms with Crippen LogP contribution in [0.25, 0.3) is 0 Å². The van der Waals surface area contributed by atoms with E-state index in [0.717, 1.165) is 5.75 Å². The second kappa shape index (κ2) is 7.63. The lowest BCUT2D eigenvalue weighted by Crippen LogP contribution is -2.46. The second-order valence-corrected chi connectivity index (χ2v) is 6.84. The van der Waals surface area contributed by atoms with E-state index in [1.54, 1.807) is 0 Å². The Morgan fingerprint density at radius 3 is 2.23 bits per heavy atom. The molecule has 0 aliphatic carbocycles. The van der Waals surface area contributed by atoms with Gasteiger partial charge in [0.2, 0.25) is 0 Å². The van der Waals surface area contributed by atoms with Crippen LogP contribution < -0.4 is 4.74 Å². The molecular weight excluding hydrogens is 298 g/mol. The molecule has 6 heteroatoms. The molecule has 22 heavy (non-hydrogen) atoms. The Kier molecular flexibility index (Phi) is 6.41. The average Bonchev–Trinajstić information content (AvgIpc) is 2.41. The summed E-state index contributed by atoms with van der Waals surface area (Å²) < 4.78 is 5.63. The normalized spacial score (nSPS) is 12.5. The second-order valence-electron chi connectivity index (χ2n) is 6.46. The van der Waals surface area contributed by atoms with Crippen LogP contribution in [-0.2, 0) is 0 Å².